The van der Waals surface area contributed by atoms with Crippen LogP contribution in [0.3, 0.4) is 0 Å². The third kappa shape index (κ3) is 2.03. The van der Waals surface area contributed by atoms with Gasteiger partial charge in [-0.05, 0) is 19.8 Å². The summed E-state index contributed by atoms with van der Waals surface area (Å²) in [7, 11) is 0. The van der Waals surface area contributed by atoms with Gasteiger partial charge in [-0.3, -0.25) is 19.8 Å². The summed E-state index contributed by atoms with van der Waals surface area (Å²) in [5.74, 6) is -0.862. The largest absolute Gasteiger partial charge is 0.373 e. The third-order valence-electron chi connectivity index (χ3n) is 3.24. The lowest BCUT2D eigenvalue weighted by molar-refractivity contribution is -0.145. The molecule has 1 saturated heterocycles. The highest BCUT2D eigenvalue weighted by Crippen LogP contribution is 2.48. The van der Waals surface area contributed by atoms with E-state index in [1.54, 1.807) is 13.0 Å². The number of urea groups is 1. The van der Waals surface area contributed by atoms with Crippen molar-refractivity contribution in [2.24, 2.45) is 5.41 Å². The second-order valence-electron chi connectivity index (χ2n) is 4.69. The molecule has 1 saturated carbocycles. The number of rotatable bonds is 5. The zero-order valence-electron chi connectivity index (χ0n) is 10.3. The van der Waals surface area contributed by atoms with E-state index in [4.69, 9.17) is 4.74 Å². The van der Waals surface area contributed by atoms with Crippen molar-refractivity contribution in [2.75, 3.05) is 13.2 Å². The van der Waals surface area contributed by atoms with Crippen molar-refractivity contribution in [2.45, 2.75) is 25.9 Å². The minimum absolute atomic E-state index is 0.146. The van der Waals surface area contributed by atoms with Crippen LogP contribution in [0.5, 0.6) is 0 Å². The van der Waals surface area contributed by atoms with Crippen molar-refractivity contribution >= 4 is 17.8 Å². The van der Waals surface area contributed by atoms with Gasteiger partial charge in [0, 0.05) is 0 Å². The number of imide groups is 2. The molecule has 0 aromatic heterocycles. The van der Waals surface area contributed by atoms with Crippen molar-refractivity contribution in [3.63, 3.8) is 0 Å². The molecule has 1 atom stereocenters. The molecule has 0 aromatic rings. The Labute approximate surface area is 105 Å². The number of nitrogens with zero attached hydrogens (tertiary/aromatic N) is 1. The van der Waals surface area contributed by atoms with Crippen LogP contribution in [0.25, 0.3) is 0 Å². The van der Waals surface area contributed by atoms with E-state index >= 15 is 0 Å². The first-order valence-electron chi connectivity index (χ1n) is 5.91. The maximum absolute atomic E-state index is 12.1. The van der Waals surface area contributed by atoms with Crippen molar-refractivity contribution in [3.8, 4) is 0 Å². The van der Waals surface area contributed by atoms with Gasteiger partial charge < -0.3 is 4.74 Å². The Bertz CT molecular complexity index is 414. The maximum atomic E-state index is 12.1. The van der Waals surface area contributed by atoms with E-state index in [0.29, 0.717) is 19.4 Å². The van der Waals surface area contributed by atoms with Crippen LogP contribution in [-0.2, 0) is 14.3 Å². The van der Waals surface area contributed by atoms with E-state index in [-0.39, 0.29) is 12.6 Å². The zero-order valence-corrected chi connectivity index (χ0v) is 10.3. The lowest BCUT2D eigenvalue weighted by atomic mass is 10.0. The number of nitrogens with one attached hydrogen (secondary N) is 1. The summed E-state index contributed by atoms with van der Waals surface area (Å²) in [6, 6.07) is -0.656. The van der Waals surface area contributed by atoms with Gasteiger partial charge in [0.2, 0.25) is 11.8 Å². The normalized spacial score (nSPS) is 22.9. The molecule has 98 valence electrons. The van der Waals surface area contributed by atoms with E-state index in [1.807, 2.05) is 0 Å². The Hall–Kier alpha value is -1.69. The van der Waals surface area contributed by atoms with Crippen molar-refractivity contribution in [1.29, 1.82) is 0 Å². The highest BCUT2D eigenvalue weighted by Gasteiger charge is 2.62. The average Bonchev–Trinajstić information content (AvgIpc) is 3.12. The molecule has 1 spiro atoms. The van der Waals surface area contributed by atoms with Crippen molar-refractivity contribution in [1.82, 2.24) is 10.2 Å². The fraction of sp³-hybridized carbons (Fsp3) is 0.583. The standard InChI is InChI=1S/C12H16N2O4/c1-3-6-18-8(2)7-14-10(16)12(4-5-12)9(15)13-11(14)17/h3,8H,1,4-7H2,2H3,(H,13,15,17). The number of hydrogen-bond acceptors (Lipinski definition) is 4. The summed E-state index contributed by atoms with van der Waals surface area (Å²) in [4.78, 5) is 36.4. The van der Waals surface area contributed by atoms with E-state index < -0.39 is 23.3 Å². The van der Waals surface area contributed by atoms with E-state index in [0.717, 1.165) is 4.90 Å². The topological polar surface area (TPSA) is 75.7 Å². The molecule has 4 amide bonds. The number of hydrogen-bond donors (Lipinski definition) is 1. The smallest absolute Gasteiger partial charge is 0.330 e. The molecule has 1 aliphatic carbocycles. The molecule has 6 heteroatoms. The van der Waals surface area contributed by atoms with Gasteiger partial charge in [0.05, 0.1) is 19.3 Å². The van der Waals surface area contributed by atoms with E-state index in [2.05, 4.69) is 11.9 Å². The number of amides is 4. The monoisotopic (exact) mass is 252 g/mol. The molecular weight excluding hydrogens is 236 g/mol. The van der Waals surface area contributed by atoms with Crippen LogP contribution in [0.2, 0.25) is 0 Å². The van der Waals surface area contributed by atoms with E-state index in [1.165, 1.54) is 0 Å². The molecule has 2 rings (SSSR count). The first-order chi connectivity index (χ1) is 8.51. The van der Waals surface area contributed by atoms with Crippen LogP contribution < -0.4 is 5.32 Å². The van der Waals surface area contributed by atoms with Crippen molar-refractivity contribution in [3.05, 3.63) is 12.7 Å². The van der Waals surface area contributed by atoms with Gasteiger partial charge in [-0.2, -0.15) is 0 Å². The van der Waals surface area contributed by atoms with Crippen molar-refractivity contribution < 1.29 is 19.1 Å². The summed E-state index contributed by atoms with van der Waals surface area (Å²) < 4.78 is 5.33. The fourth-order valence-corrected chi connectivity index (χ4v) is 2.01. The van der Waals surface area contributed by atoms with Gasteiger partial charge in [-0.1, -0.05) is 6.08 Å². The van der Waals surface area contributed by atoms with Gasteiger partial charge in [0.15, 0.2) is 0 Å². The predicted molar refractivity (Wildman–Crippen MR) is 62.5 cm³/mol. The highest BCUT2D eigenvalue weighted by molar-refractivity contribution is 6.20. The first kappa shape index (κ1) is 12.8. The molecule has 2 fully saturated rings. The highest BCUT2D eigenvalue weighted by atomic mass is 16.5. The lowest BCUT2D eigenvalue weighted by Gasteiger charge is -2.31. The van der Waals surface area contributed by atoms with Gasteiger partial charge in [-0.15, -0.1) is 6.58 Å². The number of carbonyl (C=O) groups is 3. The summed E-state index contributed by atoms with van der Waals surface area (Å²) >= 11 is 0. The first-order valence-corrected chi connectivity index (χ1v) is 5.91. The molecule has 1 heterocycles. The number of ether oxygens (including phenoxy) is 1. The van der Waals surface area contributed by atoms with Crippen LogP contribution in [0.1, 0.15) is 19.8 Å². The second kappa shape index (κ2) is 4.53. The minimum Gasteiger partial charge on any atom is -0.373 e. The molecule has 1 unspecified atom stereocenters. The fourth-order valence-electron chi connectivity index (χ4n) is 2.01. The summed E-state index contributed by atoms with van der Waals surface area (Å²) in [5.41, 5.74) is -0.980. The summed E-state index contributed by atoms with van der Waals surface area (Å²) in [6.45, 7) is 5.79. The number of barbiturate groups is 1. The van der Waals surface area contributed by atoms with Gasteiger partial charge in [-0.25, -0.2) is 4.79 Å². The zero-order chi connectivity index (χ0) is 13.3. The Morgan fingerprint density at radius 3 is 2.72 bits per heavy atom. The maximum Gasteiger partial charge on any atom is 0.330 e. The number of carbonyl (C=O) groups excluding carboxylic acids is 3. The summed E-state index contributed by atoms with van der Waals surface area (Å²) in [5, 5.41) is 2.23. The SMILES string of the molecule is C=CCOC(C)CN1C(=O)NC(=O)C2(CC2)C1=O. The molecule has 0 radical (unpaired) electrons. The predicted octanol–water partition coefficient (Wildman–Crippen LogP) is 0.436. The van der Waals surface area contributed by atoms with Crippen LogP contribution in [0, 0.1) is 5.41 Å². The minimum atomic E-state index is -0.980. The van der Waals surface area contributed by atoms with Gasteiger partial charge in [0.25, 0.3) is 0 Å². The molecule has 2 aliphatic rings. The molecule has 1 N–H and O–H groups in total. The third-order valence-corrected chi connectivity index (χ3v) is 3.24. The summed E-state index contributed by atoms with van der Waals surface area (Å²) in [6.07, 6.45) is 2.34. The van der Waals surface area contributed by atoms with Crippen LogP contribution >= 0.6 is 0 Å². The lowest BCUT2D eigenvalue weighted by Crippen LogP contribution is -2.60. The Balaban J connectivity index is 2.03. The Morgan fingerprint density at radius 1 is 1.50 bits per heavy atom. The van der Waals surface area contributed by atoms with Gasteiger partial charge >= 0.3 is 6.03 Å². The second-order valence-corrected chi connectivity index (χ2v) is 4.69. The average molecular weight is 252 g/mol. The van der Waals surface area contributed by atoms with Crippen LogP contribution in [0.4, 0.5) is 4.79 Å². The quantitative estimate of drug-likeness (QED) is 0.569. The Morgan fingerprint density at radius 2 is 2.17 bits per heavy atom. The molecule has 1 aliphatic heterocycles. The van der Waals surface area contributed by atoms with Crippen LogP contribution in [0.15, 0.2) is 12.7 Å². The Kier molecular flexibility index (Phi) is 3.21. The van der Waals surface area contributed by atoms with E-state index in [9.17, 15) is 14.4 Å². The molecule has 6 nitrogen and oxygen atoms in total. The molecule has 0 bridgehead atoms. The molecule has 18 heavy (non-hydrogen) atoms. The molecular formula is C12H16N2O4. The van der Waals surface area contributed by atoms with Crippen LogP contribution in [-0.4, -0.2) is 42.0 Å². The molecule has 0 aromatic carbocycles. The van der Waals surface area contributed by atoms with Gasteiger partial charge in [0.1, 0.15) is 5.41 Å².